The second-order valence-corrected chi connectivity index (χ2v) is 3.32. The van der Waals surface area contributed by atoms with Gasteiger partial charge in [-0.3, -0.25) is 9.78 Å². The first kappa shape index (κ1) is 12.5. The standard InChI is InChI=1S/C10H12F2N2O2/c11-10(12,7-15)6-14-9(16)5-8-1-3-13-4-2-8/h1-4,15H,5-7H2,(H,14,16). The van der Waals surface area contributed by atoms with Gasteiger partial charge in [-0.2, -0.15) is 0 Å². The van der Waals surface area contributed by atoms with Gasteiger partial charge in [0.15, 0.2) is 0 Å². The number of carbonyl (C=O) groups is 1. The van der Waals surface area contributed by atoms with E-state index in [2.05, 4.69) is 10.3 Å². The fourth-order valence-corrected chi connectivity index (χ4v) is 1.03. The van der Waals surface area contributed by atoms with E-state index in [4.69, 9.17) is 5.11 Å². The largest absolute Gasteiger partial charge is 0.390 e. The monoisotopic (exact) mass is 230 g/mol. The third kappa shape index (κ3) is 4.31. The van der Waals surface area contributed by atoms with Crippen LogP contribution in [0.15, 0.2) is 24.5 Å². The molecule has 1 rings (SSSR count). The van der Waals surface area contributed by atoms with Gasteiger partial charge in [-0.25, -0.2) is 8.78 Å². The number of aromatic nitrogens is 1. The highest BCUT2D eigenvalue weighted by molar-refractivity contribution is 5.78. The molecule has 1 aromatic heterocycles. The Kier molecular flexibility index (Phi) is 4.30. The number of amides is 1. The quantitative estimate of drug-likeness (QED) is 0.768. The average molecular weight is 230 g/mol. The van der Waals surface area contributed by atoms with E-state index < -0.39 is 25.0 Å². The number of nitrogens with zero attached hydrogens (tertiary/aromatic N) is 1. The molecule has 2 N–H and O–H groups in total. The number of alkyl halides is 2. The minimum Gasteiger partial charge on any atom is -0.390 e. The molecule has 6 heteroatoms. The lowest BCUT2D eigenvalue weighted by Crippen LogP contribution is -2.39. The molecule has 1 heterocycles. The number of nitrogens with one attached hydrogen (secondary N) is 1. The molecular formula is C10H12F2N2O2. The van der Waals surface area contributed by atoms with Crippen molar-refractivity contribution in [1.29, 1.82) is 0 Å². The maximum Gasteiger partial charge on any atom is 0.287 e. The minimum absolute atomic E-state index is 0.0179. The number of pyridine rings is 1. The first-order valence-corrected chi connectivity index (χ1v) is 4.68. The van der Waals surface area contributed by atoms with E-state index in [9.17, 15) is 13.6 Å². The summed E-state index contributed by atoms with van der Waals surface area (Å²) in [4.78, 5) is 15.0. The van der Waals surface area contributed by atoms with Crippen molar-refractivity contribution >= 4 is 5.91 Å². The summed E-state index contributed by atoms with van der Waals surface area (Å²) >= 11 is 0. The Balaban J connectivity index is 2.38. The number of aliphatic hydroxyl groups is 1. The van der Waals surface area contributed by atoms with Crippen LogP contribution in [0.5, 0.6) is 0 Å². The molecule has 0 aromatic carbocycles. The van der Waals surface area contributed by atoms with Gasteiger partial charge in [0.25, 0.3) is 5.92 Å². The van der Waals surface area contributed by atoms with Gasteiger partial charge in [0.1, 0.15) is 6.61 Å². The van der Waals surface area contributed by atoms with E-state index in [-0.39, 0.29) is 6.42 Å². The molecule has 0 atom stereocenters. The molecule has 0 bridgehead atoms. The summed E-state index contributed by atoms with van der Waals surface area (Å²) in [6, 6.07) is 3.26. The highest BCUT2D eigenvalue weighted by Gasteiger charge is 2.27. The fraction of sp³-hybridized carbons (Fsp3) is 0.400. The molecule has 1 aromatic rings. The second-order valence-electron chi connectivity index (χ2n) is 3.32. The molecule has 0 fully saturated rings. The predicted octanol–water partition coefficient (Wildman–Crippen LogP) is 0.368. The van der Waals surface area contributed by atoms with E-state index in [0.717, 1.165) is 0 Å². The molecule has 16 heavy (non-hydrogen) atoms. The molecular weight excluding hydrogens is 218 g/mol. The van der Waals surface area contributed by atoms with Crippen LogP contribution in [-0.4, -0.2) is 35.1 Å². The van der Waals surface area contributed by atoms with Crippen molar-refractivity contribution in [3.8, 4) is 0 Å². The lowest BCUT2D eigenvalue weighted by Gasteiger charge is -2.13. The highest BCUT2D eigenvalue weighted by Crippen LogP contribution is 2.09. The molecule has 88 valence electrons. The van der Waals surface area contributed by atoms with Gasteiger partial charge < -0.3 is 10.4 Å². The number of rotatable bonds is 5. The van der Waals surface area contributed by atoms with Crippen LogP contribution in [0.25, 0.3) is 0 Å². The van der Waals surface area contributed by atoms with Gasteiger partial charge in [0.05, 0.1) is 13.0 Å². The molecule has 0 radical (unpaired) electrons. The maximum atomic E-state index is 12.6. The maximum absolute atomic E-state index is 12.6. The zero-order valence-corrected chi connectivity index (χ0v) is 8.49. The van der Waals surface area contributed by atoms with Crippen molar-refractivity contribution in [1.82, 2.24) is 10.3 Å². The first-order chi connectivity index (χ1) is 7.53. The summed E-state index contributed by atoms with van der Waals surface area (Å²) in [6.07, 6.45) is 3.06. The van der Waals surface area contributed by atoms with Crippen LogP contribution in [0, 0.1) is 0 Å². The molecule has 0 aliphatic rings. The molecule has 4 nitrogen and oxygen atoms in total. The summed E-state index contributed by atoms with van der Waals surface area (Å²) in [5, 5.41) is 10.3. The Hall–Kier alpha value is -1.56. The Bertz CT molecular complexity index is 344. The molecule has 1 amide bonds. The zero-order chi connectivity index (χ0) is 12.0. The minimum atomic E-state index is -3.27. The zero-order valence-electron chi connectivity index (χ0n) is 8.49. The van der Waals surface area contributed by atoms with Crippen molar-refractivity contribution in [3.05, 3.63) is 30.1 Å². The molecule has 0 saturated heterocycles. The number of hydrogen-bond donors (Lipinski definition) is 2. The van der Waals surface area contributed by atoms with Crippen LogP contribution in [-0.2, 0) is 11.2 Å². The predicted molar refractivity (Wildman–Crippen MR) is 53.0 cm³/mol. The van der Waals surface area contributed by atoms with E-state index >= 15 is 0 Å². The smallest absolute Gasteiger partial charge is 0.287 e. The summed E-state index contributed by atoms with van der Waals surface area (Å²) in [6.45, 7) is -2.13. The fourth-order valence-electron chi connectivity index (χ4n) is 1.03. The van der Waals surface area contributed by atoms with Crippen molar-refractivity contribution < 1.29 is 18.7 Å². The summed E-state index contributed by atoms with van der Waals surface area (Å²) in [5.41, 5.74) is 0.694. The topological polar surface area (TPSA) is 62.2 Å². The van der Waals surface area contributed by atoms with Gasteiger partial charge in [-0.1, -0.05) is 0 Å². The number of aliphatic hydroxyl groups excluding tert-OH is 1. The van der Waals surface area contributed by atoms with E-state index in [1.54, 1.807) is 12.1 Å². The third-order valence-corrected chi connectivity index (χ3v) is 1.89. The van der Waals surface area contributed by atoms with E-state index in [0.29, 0.717) is 5.56 Å². The Morgan fingerprint density at radius 1 is 1.44 bits per heavy atom. The second kappa shape index (κ2) is 5.50. The lowest BCUT2D eigenvalue weighted by atomic mass is 10.2. The number of halogens is 2. The summed E-state index contributed by atoms with van der Waals surface area (Å²) in [5.74, 6) is -3.78. The van der Waals surface area contributed by atoms with Crippen molar-refractivity contribution in [2.75, 3.05) is 13.2 Å². The Morgan fingerprint density at radius 3 is 2.62 bits per heavy atom. The van der Waals surface area contributed by atoms with Crippen LogP contribution in [0.4, 0.5) is 8.78 Å². The molecule has 0 spiro atoms. The van der Waals surface area contributed by atoms with Crippen LogP contribution in [0.2, 0.25) is 0 Å². The molecule has 0 unspecified atom stereocenters. The van der Waals surface area contributed by atoms with Gasteiger partial charge in [0, 0.05) is 12.4 Å². The van der Waals surface area contributed by atoms with Crippen LogP contribution in [0.3, 0.4) is 0 Å². The van der Waals surface area contributed by atoms with Crippen LogP contribution >= 0.6 is 0 Å². The van der Waals surface area contributed by atoms with Crippen molar-refractivity contribution in [2.24, 2.45) is 0 Å². The summed E-state index contributed by atoms with van der Waals surface area (Å²) in [7, 11) is 0. The van der Waals surface area contributed by atoms with Gasteiger partial charge >= 0.3 is 0 Å². The van der Waals surface area contributed by atoms with Crippen molar-refractivity contribution in [2.45, 2.75) is 12.3 Å². The average Bonchev–Trinajstić information content (AvgIpc) is 2.28. The van der Waals surface area contributed by atoms with Crippen molar-refractivity contribution in [3.63, 3.8) is 0 Å². The lowest BCUT2D eigenvalue weighted by molar-refractivity contribution is -0.123. The first-order valence-electron chi connectivity index (χ1n) is 4.68. The van der Waals surface area contributed by atoms with Crippen LogP contribution in [0.1, 0.15) is 5.56 Å². The van der Waals surface area contributed by atoms with E-state index in [1.165, 1.54) is 12.4 Å². The summed E-state index contributed by atoms with van der Waals surface area (Å²) < 4.78 is 25.2. The van der Waals surface area contributed by atoms with Gasteiger partial charge in [-0.15, -0.1) is 0 Å². The number of carbonyl (C=O) groups excluding carboxylic acids is 1. The number of hydrogen-bond acceptors (Lipinski definition) is 3. The third-order valence-electron chi connectivity index (χ3n) is 1.89. The molecule has 0 aliphatic carbocycles. The highest BCUT2D eigenvalue weighted by atomic mass is 19.3. The van der Waals surface area contributed by atoms with Gasteiger partial charge in [-0.05, 0) is 17.7 Å². The Labute approximate surface area is 91.3 Å². The van der Waals surface area contributed by atoms with E-state index in [1.807, 2.05) is 0 Å². The molecule has 0 aliphatic heterocycles. The normalized spacial score (nSPS) is 11.2. The van der Waals surface area contributed by atoms with Gasteiger partial charge in [0.2, 0.25) is 5.91 Å². The molecule has 0 saturated carbocycles. The van der Waals surface area contributed by atoms with Crippen LogP contribution < -0.4 is 5.32 Å². The Morgan fingerprint density at radius 2 is 2.06 bits per heavy atom. The SMILES string of the molecule is O=C(Cc1ccncc1)NCC(F)(F)CO.